The number of allylic oxidation sites excluding steroid dienone is 5. The van der Waals surface area contributed by atoms with Crippen LogP contribution in [-0.4, -0.2) is 0 Å². The molecule has 0 spiro atoms. The smallest absolute Gasteiger partial charge is 0.0663 e. The van der Waals surface area contributed by atoms with Crippen molar-refractivity contribution in [2.45, 2.75) is 44.9 Å². The highest BCUT2D eigenvalue weighted by molar-refractivity contribution is 4.96. The lowest BCUT2D eigenvalue weighted by Gasteiger charge is -1.94. The molecular formula is C14H21N. The van der Waals surface area contributed by atoms with E-state index in [2.05, 4.69) is 24.8 Å². The normalized spacial score (nSPS) is 10.9. The van der Waals surface area contributed by atoms with E-state index in [-0.39, 0.29) is 0 Å². The average molecular weight is 203 g/mol. The van der Waals surface area contributed by atoms with Crippen LogP contribution in [0.1, 0.15) is 44.9 Å². The fourth-order valence-corrected chi connectivity index (χ4v) is 1.25. The maximum absolute atomic E-state index is 8.28. The van der Waals surface area contributed by atoms with Crippen LogP contribution < -0.4 is 0 Å². The van der Waals surface area contributed by atoms with E-state index in [1.165, 1.54) is 25.7 Å². The summed E-state index contributed by atoms with van der Waals surface area (Å²) in [6, 6.07) is 2.08. The fourth-order valence-electron chi connectivity index (χ4n) is 1.25. The molecule has 0 radical (unpaired) electrons. The quantitative estimate of drug-likeness (QED) is 0.398. The number of hydrogen-bond donors (Lipinski definition) is 0. The van der Waals surface area contributed by atoms with E-state index in [4.69, 9.17) is 5.26 Å². The van der Waals surface area contributed by atoms with Crippen molar-refractivity contribution < 1.29 is 0 Å². The van der Waals surface area contributed by atoms with Gasteiger partial charge in [-0.25, -0.2) is 0 Å². The highest BCUT2D eigenvalue weighted by atomic mass is 14.2. The van der Waals surface area contributed by atoms with Crippen LogP contribution in [0.15, 0.2) is 37.0 Å². The summed E-state index contributed by atoms with van der Waals surface area (Å²) < 4.78 is 0. The largest absolute Gasteiger partial charge is 0.198 e. The second-order valence-corrected chi connectivity index (χ2v) is 3.47. The lowest BCUT2D eigenvalue weighted by atomic mass is 10.1. The zero-order valence-corrected chi connectivity index (χ0v) is 9.49. The standard InChI is InChI=1S/C14H21N/c1-2-3-4-5-6-7-8-9-10-11-12-13-14-15/h2,8-9,11-12H,1,3-7,10,13H2/b9-8+,12-11+. The van der Waals surface area contributed by atoms with E-state index >= 15 is 0 Å². The molecule has 0 N–H and O–H groups in total. The molecule has 0 aliphatic carbocycles. The van der Waals surface area contributed by atoms with Gasteiger partial charge in [-0.2, -0.15) is 5.26 Å². The van der Waals surface area contributed by atoms with Gasteiger partial charge in [-0.15, -0.1) is 6.58 Å². The Labute approximate surface area is 93.8 Å². The first-order chi connectivity index (χ1) is 7.41. The second-order valence-electron chi connectivity index (χ2n) is 3.47. The first-order valence-electron chi connectivity index (χ1n) is 5.69. The summed E-state index contributed by atoms with van der Waals surface area (Å²) in [5, 5.41) is 8.28. The van der Waals surface area contributed by atoms with E-state index in [0.717, 1.165) is 12.8 Å². The van der Waals surface area contributed by atoms with Gasteiger partial charge in [0.2, 0.25) is 0 Å². The number of nitrogens with zero attached hydrogens (tertiary/aromatic N) is 1. The van der Waals surface area contributed by atoms with Crippen LogP contribution in [-0.2, 0) is 0 Å². The van der Waals surface area contributed by atoms with E-state index in [0.29, 0.717) is 6.42 Å². The van der Waals surface area contributed by atoms with Gasteiger partial charge < -0.3 is 0 Å². The Morgan fingerprint density at radius 3 is 2.40 bits per heavy atom. The van der Waals surface area contributed by atoms with Crippen molar-refractivity contribution in [3.8, 4) is 6.07 Å². The van der Waals surface area contributed by atoms with Crippen LogP contribution in [0.5, 0.6) is 0 Å². The minimum absolute atomic E-state index is 0.523. The Hall–Kier alpha value is -1.29. The van der Waals surface area contributed by atoms with E-state index in [1.54, 1.807) is 0 Å². The van der Waals surface area contributed by atoms with E-state index < -0.39 is 0 Å². The van der Waals surface area contributed by atoms with Gasteiger partial charge in [0.1, 0.15) is 0 Å². The number of hydrogen-bond acceptors (Lipinski definition) is 1. The Bertz CT molecular complexity index is 230. The summed E-state index contributed by atoms with van der Waals surface area (Å²) >= 11 is 0. The van der Waals surface area contributed by atoms with Crippen LogP contribution in [0.2, 0.25) is 0 Å². The van der Waals surface area contributed by atoms with Gasteiger partial charge in [0.25, 0.3) is 0 Å². The molecule has 0 saturated heterocycles. The molecule has 15 heavy (non-hydrogen) atoms. The molecule has 0 aliphatic heterocycles. The highest BCUT2D eigenvalue weighted by Crippen LogP contribution is 2.04. The lowest BCUT2D eigenvalue weighted by Crippen LogP contribution is -1.74. The van der Waals surface area contributed by atoms with Gasteiger partial charge in [-0.3, -0.25) is 0 Å². The third kappa shape index (κ3) is 12.7. The molecule has 0 atom stereocenters. The van der Waals surface area contributed by atoms with E-state index in [1.807, 2.05) is 18.2 Å². The van der Waals surface area contributed by atoms with Crippen molar-refractivity contribution in [2.24, 2.45) is 0 Å². The number of unbranched alkanes of at least 4 members (excludes halogenated alkanes) is 4. The third-order valence-electron chi connectivity index (χ3n) is 2.09. The summed E-state index contributed by atoms with van der Waals surface area (Å²) in [6.45, 7) is 3.70. The van der Waals surface area contributed by atoms with Gasteiger partial charge in [0.05, 0.1) is 12.5 Å². The molecule has 0 aromatic rings. The molecule has 0 rings (SSSR count). The summed E-state index contributed by atoms with van der Waals surface area (Å²) in [5.74, 6) is 0. The van der Waals surface area contributed by atoms with Crippen molar-refractivity contribution in [3.63, 3.8) is 0 Å². The average Bonchev–Trinajstić information content (AvgIpc) is 2.26. The van der Waals surface area contributed by atoms with Crippen molar-refractivity contribution in [3.05, 3.63) is 37.0 Å². The number of nitriles is 1. The van der Waals surface area contributed by atoms with Gasteiger partial charge in [0.15, 0.2) is 0 Å². The Morgan fingerprint density at radius 2 is 1.67 bits per heavy atom. The van der Waals surface area contributed by atoms with Gasteiger partial charge in [-0.05, 0) is 32.1 Å². The molecule has 1 nitrogen and oxygen atoms in total. The predicted octanol–water partition coefficient (Wildman–Crippen LogP) is 4.54. The third-order valence-corrected chi connectivity index (χ3v) is 2.09. The maximum Gasteiger partial charge on any atom is 0.0663 e. The van der Waals surface area contributed by atoms with Gasteiger partial charge in [0, 0.05) is 0 Å². The molecule has 0 aromatic heterocycles. The fraction of sp³-hybridized carbons (Fsp3) is 0.500. The molecular weight excluding hydrogens is 182 g/mol. The Balaban J connectivity index is 3.17. The van der Waals surface area contributed by atoms with Crippen molar-refractivity contribution in [1.29, 1.82) is 5.26 Å². The first-order valence-corrected chi connectivity index (χ1v) is 5.69. The maximum atomic E-state index is 8.28. The molecule has 0 amide bonds. The molecule has 0 saturated carbocycles. The van der Waals surface area contributed by atoms with Crippen LogP contribution in [0, 0.1) is 11.3 Å². The van der Waals surface area contributed by atoms with Crippen LogP contribution in [0.3, 0.4) is 0 Å². The lowest BCUT2D eigenvalue weighted by molar-refractivity contribution is 0.696. The molecule has 0 aliphatic rings. The van der Waals surface area contributed by atoms with Crippen molar-refractivity contribution in [1.82, 2.24) is 0 Å². The first kappa shape index (κ1) is 13.7. The van der Waals surface area contributed by atoms with Crippen molar-refractivity contribution in [2.75, 3.05) is 0 Å². The minimum Gasteiger partial charge on any atom is -0.198 e. The second kappa shape index (κ2) is 12.7. The van der Waals surface area contributed by atoms with Crippen molar-refractivity contribution >= 4 is 0 Å². The monoisotopic (exact) mass is 203 g/mol. The molecule has 82 valence electrons. The zero-order chi connectivity index (χ0) is 11.2. The van der Waals surface area contributed by atoms with Crippen LogP contribution in [0.4, 0.5) is 0 Å². The Morgan fingerprint density at radius 1 is 0.933 bits per heavy atom. The molecule has 0 fully saturated rings. The molecule has 1 heteroatoms. The molecule has 0 unspecified atom stereocenters. The van der Waals surface area contributed by atoms with E-state index in [9.17, 15) is 0 Å². The predicted molar refractivity (Wildman–Crippen MR) is 66.4 cm³/mol. The summed E-state index contributed by atoms with van der Waals surface area (Å²) in [5.41, 5.74) is 0. The zero-order valence-electron chi connectivity index (χ0n) is 9.49. The molecule has 0 heterocycles. The van der Waals surface area contributed by atoms with Gasteiger partial charge >= 0.3 is 0 Å². The Kier molecular flexibility index (Phi) is 11.6. The highest BCUT2D eigenvalue weighted by Gasteiger charge is 1.84. The van der Waals surface area contributed by atoms with Gasteiger partial charge in [-0.1, -0.05) is 36.8 Å². The molecule has 0 bridgehead atoms. The van der Waals surface area contributed by atoms with Crippen LogP contribution >= 0.6 is 0 Å². The number of rotatable bonds is 9. The summed E-state index contributed by atoms with van der Waals surface area (Å²) in [7, 11) is 0. The summed E-state index contributed by atoms with van der Waals surface area (Å²) in [6.07, 6.45) is 17.9. The SMILES string of the molecule is C=CCCCCC/C=C/C/C=C/CC#N. The summed E-state index contributed by atoms with van der Waals surface area (Å²) in [4.78, 5) is 0. The minimum atomic E-state index is 0.523. The van der Waals surface area contributed by atoms with Crippen LogP contribution in [0.25, 0.3) is 0 Å². The molecule has 0 aromatic carbocycles. The topological polar surface area (TPSA) is 23.8 Å².